The van der Waals surface area contributed by atoms with Crippen molar-refractivity contribution in [2.24, 2.45) is 15.7 Å². The van der Waals surface area contributed by atoms with E-state index in [0.717, 1.165) is 12.8 Å². The highest BCUT2D eigenvalue weighted by Crippen LogP contribution is 2.05. The Morgan fingerprint density at radius 3 is 2.71 bits per heavy atom. The summed E-state index contributed by atoms with van der Waals surface area (Å²) in [6.07, 6.45) is 14.5. The first-order valence-corrected chi connectivity index (χ1v) is 7.91. The molecule has 0 radical (unpaired) electrons. The van der Waals surface area contributed by atoms with Crippen molar-refractivity contribution in [1.29, 1.82) is 5.41 Å². The zero-order chi connectivity index (χ0) is 18.2. The number of nitrogens with two attached hydrogens (primary N) is 1. The van der Waals surface area contributed by atoms with E-state index >= 15 is 0 Å². The summed E-state index contributed by atoms with van der Waals surface area (Å²) in [7, 11) is 0. The summed E-state index contributed by atoms with van der Waals surface area (Å²) in [5.41, 5.74) is 10.7. The molecule has 0 spiro atoms. The molecule has 24 heavy (non-hydrogen) atoms. The Morgan fingerprint density at radius 1 is 1.33 bits per heavy atom. The molecule has 130 valence electrons. The molecule has 0 amide bonds. The molecule has 0 bridgehead atoms. The first-order valence-electron chi connectivity index (χ1n) is 7.91. The van der Waals surface area contributed by atoms with E-state index in [-0.39, 0.29) is 5.84 Å². The van der Waals surface area contributed by atoms with Crippen LogP contribution in [0.3, 0.4) is 0 Å². The molecular formula is C19H28N4O. The van der Waals surface area contributed by atoms with Crippen LogP contribution in [0.5, 0.6) is 0 Å². The Hall–Kier alpha value is -2.65. The normalized spacial score (nSPS) is 13.2. The molecule has 0 heterocycles. The van der Waals surface area contributed by atoms with Gasteiger partial charge in [-0.15, -0.1) is 5.73 Å². The zero-order valence-electron chi connectivity index (χ0n) is 15.0. The third kappa shape index (κ3) is 13.0. The fraction of sp³-hybridized carbons (Fsp3) is 0.368. The largest absolute Gasteiger partial charge is 0.475 e. The average Bonchev–Trinajstić information content (AvgIpc) is 2.53. The highest BCUT2D eigenvalue weighted by molar-refractivity contribution is 5.99. The molecule has 3 N–H and O–H groups in total. The number of allylic oxidation sites excluding steroid dienone is 5. The monoisotopic (exact) mass is 328 g/mol. The highest BCUT2D eigenvalue weighted by Gasteiger charge is 1.97. The fourth-order valence-corrected chi connectivity index (χ4v) is 1.49. The van der Waals surface area contributed by atoms with Crippen molar-refractivity contribution in [1.82, 2.24) is 0 Å². The molecule has 0 aromatic rings. The third-order valence-corrected chi connectivity index (χ3v) is 2.77. The Balaban J connectivity index is 4.52. The van der Waals surface area contributed by atoms with Gasteiger partial charge in [-0.2, -0.15) is 0 Å². The molecule has 0 rings (SSSR count). The molecule has 0 aliphatic heterocycles. The standard InChI is InChI=1S/C19H28N4O/c1-5-7-8-9-10-11-12-18(6-2)14-24-19(21)13-16(3)22-15-23-17(4)20/h5,7-8,10,12-13,15,20H,6,11,14,21H2,1-4H3/b7-5-,18-12?,19-13+,20-17?,22-16-,23-15+. The summed E-state index contributed by atoms with van der Waals surface area (Å²) in [5.74, 6) is 0.506. The van der Waals surface area contributed by atoms with Gasteiger partial charge in [-0.1, -0.05) is 25.2 Å². The van der Waals surface area contributed by atoms with Gasteiger partial charge in [0.1, 0.15) is 18.8 Å². The Labute approximate surface area is 145 Å². The van der Waals surface area contributed by atoms with Gasteiger partial charge < -0.3 is 10.5 Å². The zero-order valence-corrected chi connectivity index (χ0v) is 15.0. The van der Waals surface area contributed by atoms with Gasteiger partial charge in [-0.3, -0.25) is 5.41 Å². The molecule has 0 atom stereocenters. The van der Waals surface area contributed by atoms with Gasteiger partial charge in [0.15, 0.2) is 5.88 Å². The number of hydrogen-bond acceptors (Lipinski definition) is 3. The maximum atomic E-state index is 7.17. The second-order valence-electron chi connectivity index (χ2n) is 4.95. The van der Waals surface area contributed by atoms with E-state index in [1.807, 2.05) is 31.2 Å². The van der Waals surface area contributed by atoms with Gasteiger partial charge in [0.25, 0.3) is 0 Å². The topological polar surface area (TPSA) is 83.8 Å². The number of amidine groups is 1. The van der Waals surface area contributed by atoms with Gasteiger partial charge in [0, 0.05) is 11.8 Å². The predicted molar refractivity (Wildman–Crippen MR) is 104 cm³/mol. The number of rotatable bonds is 9. The maximum absolute atomic E-state index is 7.17. The minimum atomic E-state index is 0.201. The van der Waals surface area contributed by atoms with Crippen molar-refractivity contribution >= 4 is 17.9 Å². The van der Waals surface area contributed by atoms with Gasteiger partial charge in [-0.25, -0.2) is 9.98 Å². The van der Waals surface area contributed by atoms with Crippen molar-refractivity contribution in [3.63, 3.8) is 0 Å². The number of ether oxygens (including phenoxy) is 1. The first-order chi connectivity index (χ1) is 11.5. The van der Waals surface area contributed by atoms with Crippen LogP contribution in [0.25, 0.3) is 0 Å². The molecule has 5 nitrogen and oxygen atoms in total. The molecule has 0 saturated carbocycles. The number of hydrogen-bond donors (Lipinski definition) is 2. The summed E-state index contributed by atoms with van der Waals surface area (Å²) in [6.45, 7) is 7.87. The molecule has 0 aliphatic rings. The van der Waals surface area contributed by atoms with Crippen molar-refractivity contribution in [3.05, 3.63) is 53.6 Å². The van der Waals surface area contributed by atoms with E-state index in [9.17, 15) is 0 Å². The molecule has 0 saturated heterocycles. The summed E-state index contributed by atoms with van der Waals surface area (Å²) >= 11 is 0. The smallest absolute Gasteiger partial charge is 0.186 e. The van der Waals surface area contributed by atoms with Crippen LogP contribution in [-0.2, 0) is 4.74 Å². The predicted octanol–water partition coefficient (Wildman–Crippen LogP) is 4.30. The van der Waals surface area contributed by atoms with E-state index in [0.29, 0.717) is 18.2 Å². The van der Waals surface area contributed by atoms with Crippen molar-refractivity contribution in [3.8, 4) is 0 Å². The summed E-state index contributed by atoms with van der Waals surface area (Å²) in [6, 6.07) is 0. The van der Waals surface area contributed by atoms with Gasteiger partial charge in [0.05, 0.1) is 0 Å². The molecule has 0 aromatic carbocycles. The van der Waals surface area contributed by atoms with Crippen LogP contribution >= 0.6 is 0 Å². The van der Waals surface area contributed by atoms with Crippen LogP contribution in [0.1, 0.15) is 40.5 Å². The fourth-order valence-electron chi connectivity index (χ4n) is 1.49. The molecule has 0 aliphatic carbocycles. The van der Waals surface area contributed by atoms with Crippen molar-refractivity contribution in [2.75, 3.05) is 6.61 Å². The van der Waals surface area contributed by atoms with Crippen LogP contribution in [0.15, 0.2) is 63.6 Å². The summed E-state index contributed by atoms with van der Waals surface area (Å²) in [4.78, 5) is 7.80. The van der Waals surface area contributed by atoms with Gasteiger partial charge in [0.2, 0.25) is 0 Å². The lowest BCUT2D eigenvalue weighted by atomic mass is 10.2. The average molecular weight is 328 g/mol. The van der Waals surface area contributed by atoms with Crippen LogP contribution in [0.4, 0.5) is 0 Å². The summed E-state index contributed by atoms with van der Waals surface area (Å²) in [5, 5.41) is 7.17. The third-order valence-electron chi connectivity index (χ3n) is 2.77. The van der Waals surface area contributed by atoms with Crippen LogP contribution in [0, 0.1) is 5.41 Å². The number of nitrogens with zero attached hydrogens (tertiary/aromatic N) is 2. The van der Waals surface area contributed by atoms with E-state index < -0.39 is 0 Å². The lowest BCUT2D eigenvalue weighted by Crippen LogP contribution is -2.07. The van der Waals surface area contributed by atoms with Gasteiger partial charge in [-0.05, 0) is 51.3 Å². The number of aliphatic imine (C=N–C) groups is 2. The summed E-state index contributed by atoms with van der Waals surface area (Å²) < 4.78 is 5.54. The van der Waals surface area contributed by atoms with Crippen molar-refractivity contribution < 1.29 is 4.74 Å². The van der Waals surface area contributed by atoms with E-state index in [4.69, 9.17) is 15.9 Å². The van der Waals surface area contributed by atoms with Gasteiger partial charge >= 0.3 is 0 Å². The van der Waals surface area contributed by atoms with E-state index in [1.54, 1.807) is 19.9 Å². The molecule has 0 fully saturated rings. The van der Waals surface area contributed by atoms with E-state index in [1.165, 1.54) is 11.9 Å². The van der Waals surface area contributed by atoms with E-state index in [2.05, 4.69) is 28.7 Å². The Bertz CT molecular complexity index is 601. The molecule has 5 heteroatoms. The molecule has 0 aromatic heterocycles. The maximum Gasteiger partial charge on any atom is 0.186 e. The second-order valence-corrected chi connectivity index (χ2v) is 4.95. The Kier molecular flexibility index (Phi) is 12.4. The minimum absolute atomic E-state index is 0.201. The quantitative estimate of drug-likeness (QED) is 0.165. The molecular weight excluding hydrogens is 300 g/mol. The van der Waals surface area contributed by atoms with Crippen LogP contribution < -0.4 is 5.73 Å². The lowest BCUT2D eigenvalue weighted by molar-refractivity contribution is 0.234. The first kappa shape index (κ1) is 21.4. The number of nitrogens with one attached hydrogen (secondary N) is 1. The van der Waals surface area contributed by atoms with Crippen LogP contribution in [-0.4, -0.2) is 24.5 Å². The molecule has 0 unspecified atom stereocenters. The second kappa shape index (κ2) is 14.0. The highest BCUT2D eigenvalue weighted by atomic mass is 16.5. The SMILES string of the molecule is C/C=C\C=C=CCC=C(CC)CO/C(N)=C/C(C)=N\C=N\C(C)=N. The lowest BCUT2D eigenvalue weighted by Gasteiger charge is -2.08. The van der Waals surface area contributed by atoms with Crippen molar-refractivity contribution in [2.45, 2.75) is 40.5 Å². The van der Waals surface area contributed by atoms with Crippen LogP contribution in [0.2, 0.25) is 0 Å². The minimum Gasteiger partial charge on any atom is -0.475 e. The Morgan fingerprint density at radius 2 is 2.08 bits per heavy atom.